The molecule has 0 aliphatic heterocycles. The van der Waals surface area contributed by atoms with Crippen molar-refractivity contribution in [3.8, 4) is 11.6 Å². The quantitative estimate of drug-likeness (QED) is 0.714. The highest BCUT2D eigenvalue weighted by Gasteiger charge is 2.16. The second kappa shape index (κ2) is 7.54. The molecule has 6 nitrogen and oxygen atoms in total. The van der Waals surface area contributed by atoms with Crippen LogP contribution in [0.3, 0.4) is 0 Å². The fourth-order valence-corrected chi connectivity index (χ4v) is 3.04. The van der Waals surface area contributed by atoms with Gasteiger partial charge in [-0.1, -0.05) is 6.07 Å². The number of halogens is 2. The van der Waals surface area contributed by atoms with Crippen LogP contribution in [-0.4, -0.2) is 18.4 Å². The number of pyridine rings is 2. The summed E-state index contributed by atoms with van der Waals surface area (Å²) in [6, 6.07) is 8.93. The number of ether oxygens (including phenoxy) is 1. The van der Waals surface area contributed by atoms with Gasteiger partial charge in [-0.3, -0.25) is 4.98 Å². The van der Waals surface area contributed by atoms with Crippen molar-refractivity contribution in [3.05, 3.63) is 78.3 Å². The second-order valence-electron chi connectivity index (χ2n) is 5.16. The maximum absolute atomic E-state index is 13.8. The maximum Gasteiger partial charge on any atom is 0.242 e. The molecule has 1 aromatic carbocycles. The van der Waals surface area contributed by atoms with E-state index in [0.717, 1.165) is 12.1 Å². The van der Waals surface area contributed by atoms with Gasteiger partial charge in [0.2, 0.25) is 15.9 Å². The molecule has 0 saturated carbocycles. The van der Waals surface area contributed by atoms with Gasteiger partial charge in [-0.15, -0.1) is 0 Å². The van der Waals surface area contributed by atoms with E-state index < -0.39 is 21.7 Å². The summed E-state index contributed by atoms with van der Waals surface area (Å²) < 4.78 is 59.0. The molecule has 0 aliphatic rings. The Morgan fingerprint density at radius 2 is 1.88 bits per heavy atom. The SMILES string of the molecule is O=S(=O)(NCc1cccnc1Oc1ccc(F)cc1F)c1cccnc1. The molecular formula is C17H13F2N3O3S. The summed E-state index contributed by atoms with van der Waals surface area (Å²) in [5.74, 6) is -1.84. The molecule has 2 heterocycles. The number of benzene rings is 1. The normalized spacial score (nSPS) is 11.3. The van der Waals surface area contributed by atoms with E-state index in [1.807, 2.05) is 0 Å². The van der Waals surface area contributed by atoms with Crippen LogP contribution in [0.2, 0.25) is 0 Å². The molecule has 0 radical (unpaired) electrons. The zero-order chi connectivity index (χ0) is 18.6. The lowest BCUT2D eigenvalue weighted by atomic mass is 10.2. The lowest BCUT2D eigenvalue weighted by Gasteiger charge is -2.11. The third-order valence-electron chi connectivity index (χ3n) is 3.35. The van der Waals surface area contributed by atoms with E-state index in [1.165, 1.54) is 30.7 Å². The lowest BCUT2D eigenvalue weighted by molar-refractivity contribution is 0.418. The predicted octanol–water partition coefficient (Wildman–Crippen LogP) is 3.03. The Morgan fingerprint density at radius 1 is 1.08 bits per heavy atom. The lowest BCUT2D eigenvalue weighted by Crippen LogP contribution is -2.23. The van der Waals surface area contributed by atoms with Crippen molar-refractivity contribution in [2.75, 3.05) is 0 Å². The van der Waals surface area contributed by atoms with Gasteiger partial charge in [-0.05, 0) is 30.3 Å². The molecule has 3 aromatic rings. The minimum Gasteiger partial charge on any atom is -0.436 e. The highest BCUT2D eigenvalue weighted by atomic mass is 32.2. The molecule has 0 spiro atoms. The third kappa shape index (κ3) is 4.19. The Balaban J connectivity index is 1.79. The van der Waals surface area contributed by atoms with E-state index in [0.29, 0.717) is 11.6 Å². The minimum absolute atomic E-state index is 0.00638. The minimum atomic E-state index is -3.78. The average molecular weight is 377 g/mol. The number of hydrogen-bond donors (Lipinski definition) is 1. The van der Waals surface area contributed by atoms with Crippen molar-refractivity contribution in [1.82, 2.24) is 14.7 Å². The zero-order valence-corrected chi connectivity index (χ0v) is 14.1. The number of hydrogen-bond acceptors (Lipinski definition) is 5. The molecule has 0 saturated heterocycles. The maximum atomic E-state index is 13.8. The second-order valence-corrected chi connectivity index (χ2v) is 6.92. The van der Waals surface area contributed by atoms with Crippen LogP contribution in [0, 0.1) is 11.6 Å². The fourth-order valence-electron chi connectivity index (χ4n) is 2.07. The van der Waals surface area contributed by atoms with Crippen LogP contribution < -0.4 is 9.46 Å². The summed E-state index contributed by atoms with van der Waals surface area (Å²) in [5.41, 5.74) is 0.378. The van der Waals surface area contributed by atoms with Gasteiger partial charge in [0.1, 0.15) is 10.7 Å². The van der Waals surface area contributed by atoms with E-state index >= 15 is 0 Å². The summed E-state index contributed by atoms with van der Waals surface area (Å²) in [6.07, 6.45) is 4.09. The first-order valence-electron chi connectivity index (χ1n) is 7.42. The first-order valence-corrected chi connectivity index (χ1v) is 8.90. The highest BCUT2D eigenvalue weighted by molar-refractivity contribution is 7.89. The van der Waals surface area contributed by atoms with Gasteiger partial charge < -0.3 is 4.74 Å². The van der Waals surface area contributed by atoms with Crippen LogP contribution in [-0.2, 0) is 16.6 Å². The molecule has 9 heteroatoms. The molecule has 0 aliphatic carbocycles. The largest absolute Gasteiger partial charge is 0.436 e. The number of nitrogens with one attached hydrogen (secondary N) is 1. The molecule has 2 aromatic heterocycles. The van der Waals surface area contributed by atoms with E-state index in [4.69, 9.17) is 4.74 Å². The monoisotopic (exact) mass is 377 g/mol. The summed E-state index contributed by atoms with van der Waals surface area (Å²) in [7, 11) is -3.78. The molecule has 0 amide bonds. The van der Waals surface area contributed by atoms with E-state index in [-0.39, 0.29) is 23.1 Å². The molecule has 0 bridgehead atoms. The molecule has 0 fully saturated rings. The smallest absolute Gasteiger partial charge is 0.242 e. The van der Waals surface area contributed by atoms with Gasteiger partial charge in [-0.2, -0.15) is 0 Å². The predicted molar refractivity (Wildman–Crippen MR) is 88.9 cm³/mol. The Morgan fingerprint density at radius 3 is 2.62 bits per heavy atom. The molecule has 134 valence electrons. The summed E-state index contributed by atoms with van der Waals surface area (Å²) in [5, 5.41) is 0. The Labute approximate surface area is 148 Å². The first-order chi connectivity index (χ1) is 12.5. The fraction of sp³-hybridized carbons (Fsp3) is 0.0588. The molecular weight excluding hydrogens is 364 g/mol. The summed E-state index contributed by atoms with van der Waals surface area (Å²) in [6.45, 7) is -0.136. The van der Waals surface area contributed by atoms with Crippen LogP contribution in [0.1, 0.15) is 5.56 Å². The van der Waals surface area contributed by atoms with E-state index in [2.05, 4.69) is 14.7 Å². The first kappa shape index (κ1) is 17.9. The van der Waals surface area contributed by atoms with Crippen LogP contribution in [0.5, 0.6) is 11.6 Å². The Bertz CT molecular complexity index is 1010. The zero-order valence-electron chi connectivity index (χ0n) is 13.3. The van der Waals surface area contributed by atoms with Gasteiger partial charge in [-0.25, -0.2) is 26.9 Å². The number of nitrogens with zero attached hydrogens (tertiary/aromatic N) is 2. The van der Waals surface area contributed by atoms with Crippen LogP contribution >= 0.6 is 0 Å². The highest BCUT2D eigenvalue weighted by Crippen LogP contribution is 2.26. The van der Waals surface area contributed by atoms with Crippen molar-refractivity contribution < 1.29 is 21.9 Å². The van der Waals surface area contributed by atoms with Gasteiger partial charge in [0, 0.05) is 36.8 Å². The number of sulfonamides is 1. The van der Waals surface area contributed by atoms with Gasteiger partial charge >= 0.3 is 0 Å². The van der Waals surface area contributed by atoms with Crippen molar-refractivity contribution in [2.45, 2.75) is 11.4 Å². The standard InChI is InChI=1S/C17H13F2N3O3S/c18-13-5-6-16(15(19)9-13)25-17-12(3-1-8-21-17)10-22-26(23,24)14-4-2-7-20-11-14/h1-9,11,22H,10H2. The third-order valence-corrected chi connectivity index (χ3v) is 4.73. The Kier molecular flexibility index (Phi) is 5.19. The topological polar surface area (TPSA) is 81.2 Å². The molecule has 0 unspecified atom stereocenters. The van der Waals surface area contributed by atoms with E-state index in [1.54, 1.807) is 12.1 Å². The Hall–Kier alpha value is -2.91. The van der Waals surface area contributed by atoms with Crippen molar-refractivity contribution in [3.63, 3.8) is 0 Å². The van der Waals surface area contributed by atoms with Crippen molar-refractivity contribution in [1.29, 1.82) is 0 Å². The van der Waals surface area contributed by atoms with Crippen molar-refractivity contribution >= 4 is 10.0 Å². The average Bonchev–Trinajstić information content (AvgIpc) is 2.64. The molecule has 0 atom stereocenters. The van der Waals surface area contributed by atoms with Gasteiger partial charge in [0.25, 0.3) is 0 Å². The number of rotatable bonds is 6. The van der Waals surface area contributed by atoms with Crippen LogP contribution in [0.15, 0.2) is 66.0 Å². The van der Waals surface area contributed by atoms with Gasteiger partial charge in [0.05, 0.1) is 0 Å². The van der Waals surface area contributed by atoms with Crippen molar-refractivity contribution in [2.24, 2.45) is 0 Å². The number of aromatic nitrogens is 2. The summed E-state index contributed by atoms with van der Waals surface area (Å²) in [4.78, 5) is 7.76. The molecule has 3 rings (SSSR count). The summed E-state index contributed by atoms with van der Waals surface area (Å²) >= 11 is 0. The molecule has 26 heavy (non-hydrogen) atoms. The van der Waals surface area contributed by atoms with Crippen LogP contribution in [0.4, 0.5) is 8.78 Å². The van der Waals surface area contributed by atoms with Gasteiger partial charge in [0.15, 0.2) is 11.6 Å². The van der Waals surface area contributed by atoms with E-state index in [9.17, 15) is 17.2 Å². The van der Waals surface area contributed by atoms with Crippen LogP contribution in [0.25, 0.3) is 0 Å². The molecule has 1 N–H and O–H groups in total.